The summed E-state index contributed by atoms with van der Waals surface area (Å²) in [6.07, 6.45) is 14.6. The summed E-state index contributed by atoms with van der Waals surface area (Å²) < 4.78 is 0. The Balaban J connectivity index is 1.45. The van der Waals surface area contributed by atoms with Crippen molar-refractivity contribution >= 4 is 0 Å². The van der Waals surface area contributed by atoms with Crippen molar-refractivity contribution in [1.82, 2.24) is 0 Å². The Bertz CT molecular complexity index is 666. The summed E-state index contributed by atoms with van der Waals surface area (Å²) >= 11 is 0. The van der Waals surface area contributed by atoms with E-state index in [0.717, 1.165) is 61.2 Å². The molecule has 0 aromatic heterocycles. The van der Waals surface area contributed by atoms with Gasteiger partial charge in [0.05, 0.1) is 11.7 Å². The fourth-order valence-electron chi connectivity index (χ4n) is 9.67. The van der Waals surface area contributed by atoms with E-state index >= 15 is 0 Å². The van der Waals surface area contributed by atoms with Gasteiger partial charge in [-0.25, -0.2) is 0 Å². The Morgan fingerprint density at radius 1 is 0.875 bits per heavy atom. The van der Waals surface area contributed by atoms with Crippen LogP contribution in [0.2, 0.25) is 0 Å². The highest BCUT2D eigenvalue weighted by Crippen LogP contribution is 2.69. The van der Waals surface area contributed by atoms with Crippen LogP contribution in [-0.2, 0) is 0 Å². The number of hydrogen-bond acceptors (Lipinski definition) is 2. The molecule has 0 unspecified atom stereocenters. The van der Waals surface area contributed by atoms with Crippen LogP contribution >= 0.6 is 0 Å². The Morgan fingerprint density at radius 3 is 2.22 bits per heavy atom. The van der Waals surface area contributed by atoms with Gasteiger partial charge in [0.25, 0.3) is 0 Å². The summed E-state index contributed by atoms with van der Waals surface area (Å²) in [5, 5.41) is 21.6. The van der Waals surface area contributed by atoms with Gasteiger partial charge in [0.2, 0.25) is 0 Å². The molecule has 2 heteroatoms. The largest absolute Gasteiger partial charge is 0.393 e. The Labute approximate surface area is 199 Å². The first-order valence-electron chi connectivity index (χ1n) is 14.2. The van der Waals surface area contributed by atoms with Gasteiger partial charge in [0, 0.05) is 0 Å². The second-order valence-electron chi connectivity index (χ2n) is 14.6. The van der Waals surface area contributed by atoms with Crippen molar-refractivity contribution in [2.45, 2.75) is 137 Å². The highest BCUT2D eigenvalue weighted by molar-refractivity contribution is 5.10. The molecular formula is C30H54O2. The highest BCUT2D eigenvalue weighted by atomic mass is 16.3. The van der Waals surface area contributed by atoms with Gasteiger partial charge in [-0.15, -0.1) is 0 Å². The second kappa shape index (κ2) is 8.54. The van der Waals surface area contributed by atoms with Gasteiger partial charge in [0.1, 0.15) is 0 Å². The molecule has 4 aliphatic rings. The molecule has 10 atom stereocenters. The van der Waals surface area contributed by atoms with Gasteiger partial charge < -0.3 is 10.2 Å². The number of hydrogen-bond donors (Lipinski definition) is 2. The number of fused-ring (bicyclic) bond motifs is 5. The van der Waals surface area contributed by atoms with Crippen molar-refractivity contribution in [3.8, 4) is 0 Å². The molecule has 0 heterocycles. The molecule has 0 bridgehead atoms. The van der Waals surface area contributed by atoms with Crippen LogP contribution < -0.4 is 0 Å². The minimum atomic E-state index is -0.383. The number of rotatable bonds is 5. The maximum absolute atomic E-state index is 11.0. The molecule has 186 valence electrons. The first-order valence-corrected chi connectivity index (χ1v) is 14.2. The predicted octanol–water partition coefficient (Wildman–Crippen LogP) is 7.61. The zero-order valence-electron chi connectivity index (χ0n) is 22.4. The Kier molecular flexibility index (Phi) is 6.68. The molecule has 2 nitrogen and oxygen atoms in total. The molecule has 0 radical (unpaired) electrons. The first-order chi connectivity index (χ1) is 14.8. The summed E-state index contributed by atoms with van der Waals surface area (Å²) in [5.74, 6) is 5.01. The molecule has 32 heavy (non-hydrogen) atoms. The Morgan fingerprint density at radius 2 is 1.56 bits per heavy atom. The average molecular weight is 447 g/mol. The summed E-state index contributed by atoms with van der Waals surface area (Å²) in [6.45, 7) is 16.5. The quantitative estimate of drug-likeness (QED) is 0.456. The second-order valence-corrected chi connectivity index (χ2v) is 14.6. The van der Waals surface area contributed by atoms with E-state index in [0.29, 0.717) is 10.8 Å². The monoisotopic (exact) mass is 446 g/mol. The SMILES string of the molecule is CC[C@]1(O)CC[C@@]2(C)[C@@H](CC[C@@H]3[C@@H]2CC[C@]2(C)[C@@H]([C@H](C)CC[C@@H](O)C(C)(C)C)CC[C@@H]32)C1. The van der Waals surface area contributed by atoms with Gasteiger partial charge in [-0.2, -0.15) is 0 Å². The molecule has 0 amide bonds. The zero-order valence-corrected chi connectivity index (χ0v) is 22.4. The van der Waals surface area contributed by atoms with Crippen LogP contribution in [0, 0.1) is 51.8 Å². The lowest BCUT2D eigenvalue weighted by Gasteiger charge is -2.62. The minimum absolute atomic E-state index is 0.00208. The molecular weight excluding hydrogens is 392 g/mol. The summed E-state index contributed by atoms with van der Waals surface area (Å²) in [4.78, 5) is 0. The van der Waals surface area contributed by atoms with Crippen molar-refractivity contribution < 1.29 is 10.2 Å². The third-order valence-electron chi connectivity index (χ3n) is 12.1. The van der Waals surface area contributed by atoms with E-state index in [1.165, 1.54) is 51.4 Å². The number of aliphatic hydroxyl groups excluding tert-OH is 1. The van der Waals surface area contributed by atoms with Gasteiger partial charge >= 0.3 is 0 Å². The van der Waals surface area contributed by atoms with Gasteiger partial charge in [0.15, 0.2) is 0 Å². The summed E-state index contributed by atoms with van der Waals surface area (Å²) in [5.41, 5.74) is 0.588. The van der Waals surface area contributed by atoms with Crippen molar-refractivity contribution in [2.75, 3.05) is 0 Å². The normalized spacial score (nSPS) is 48.5. The van der Waals surface area contributed by atoms with Crippen LogP contribution in [0.3, 0.4) is 0 Å². The molecule has 2 N–H and O–H groups in total. The molecule has 0 aromatic rings. The lowest BCUT2D eigenvalue weighted by atomic mass is 9.43. The average Bonchev–Trinajstić information content (AvgIpc) is 3.09. The summed E-state index contributed by atoms with van der Waals surface area (Å²) in [6, 6.07) is 0. The van der Waals surface area contributed by atoms with Crippen molar-refractivity contribution in [1.29, 1.82) is 0 Å². The first kappa shape index (κ1) is 25.0. The topological polar surface area (TPSA) is 40.5 Å². The molecule has 0 aliphatic heterocycles. The van der Waals surface area contributed by atoms with Gasteiger partial charge in [-0.05, 0) is 129 Å². The van der Waals surface area contributed by atoms with Crippen LogP contribution in [0.1, 0.15) is 126 Å². The van der Waals surface area contributed by atoms with Gasteiger partial charge in [-0.1, -0.05) is 48.5 Å². The van der Waals surface area contributed by atoms with E-state index in [2.05, 4.69) is 48.5 Å². The number of aliphatic hydroxyl groups is 2. The lowest BCUT2D eigenvalue weighted by molar-refractivity contribution is -0.152. The summed E-state index contributed by atoms with van der Waals surface area (Å²) in [7, 11) is 0. The fourth-order valence-corrected chi connectivity index (χ4v) is 9.67. The molecule has 4 saturated carbocycles. The third kappa shape index (κ3) is 4.12. The standard InChI is InChI=1S/C30H54O2/c1-8-30(32)18-17-28(6)21(19-30)10-11-22-24-13-12-23(29(24,7)16-15-25(22)28)20(2)9-14-26(31)27(3,4)5/h20-26,31-32H,8-19H2,1-7H3/t20-,21+,22+,23-,24+,25+,26-,28+,29-,30+/m1/s1. The van der Waals surface area contributed by atoms with Crippen molar-refractivity contribution in [3.63, 3.8) is 0 Å². The van der Waals surface area contributed by atoms with Crippen LogP contribution in [0.4, 0.5) is 0 Å². The van der Waals surface area contributed by atoms with Crippen molar-refractivity contribution in [2.24, 2.45) is 51.8 Å². The predicted molar refractivity (Wildman–Crippen MR) is 134 cm³/mol. The van der Waals surface area contributed by atoms with Crippen LogP contribution in [0.15, 0.2) is 0 Å². The molecule has 0 spiro atoms. The third-order valence-corrected chi connectivity index (χ3v) is 12.1. The van der Waals surface area contributed by atoms with Crippen LogP contribution in [0.5, 0.6) is 0 Å². The van der Waals surface area contributed by atoms with Gasteiger partial charge in [-0.3, -0.25) is 0 Å². The van der Waals surface area contributed by atoms with E-state index in [1.807, 2.05) is 0 Å². The van der Waals surface area contributed by atoms with Crippen LogP contribution in [-0.4, -0.2) is 21.9 Å². The fraction of sp³-hybridized carbons (Fsp3) is 1.00. The lowest BCUT2D eigenvalue weighted by Crippen LogP contribution is -2.56. The maximum Gasteiger partial charge on any atom is 0.0648 e. The maximum atomic E-state index is 11.0. The molecule has 4 rings (SSSR count). The molecule has 0 aromatic carbocycles. The smallest absolute Gasteiger partial charge is 0.0648 e. The van der Waals surface area contributed by atoms with Crippen molar-refractivity contribution in [3.05, 3.63) is 0 Å². The molecule has 4 fully saturated rings. The minimum Gasteiger partial charge on any atom is -0.393 e. The van der Waals surface area contributed by atoms with E-state index < -0.39 is 0 Å². The van der Waals surface area contributed by atoms with E-state index in [9.17, 15) is 10.2 Å². The van der Waals surface area contributed by atoms with E-state index in [4.69, 9.17) is 0 Å². The van der Waals surface area contributed by atoms with E-state index in [-0.39, 0.29) is 17.1 Å². The highest BCUT2D eigenvalue weighted by Gasteiger charge is 2.61. The Hall–Kier alpha value is -0.0800. The van der Waals surface area contributed by atoms with E-state index in [1.54, 1.807) is 0 Å². The zero-order chi connectivity index (χ0) is 23.5. The molecule has 4 aliphatic carbocycles. The molecule has 0 saturated heterocycles. The van der Waals surface area contributed by atoms with Crippen LogP contribution in [0.25, 0.3) is 0 Å².